The Morgan fingerprint density at radius 1 is 1.50 bits per heavy atom. The highest BCUT2D eigenvalue weighted by molar-refractivity contribution is 7.09. The number of hydrogen-bond acceptors (Lipinski definition) is 4. The summed E-state index contributed by atoms with van der Waals surface area (Å²) in [7, 11) is 0. The highest BCUT2D eigenvalue weighted by atomic mass is 35.5. The molecule has 3 nitrogen and oxygen atoms in total. The van der Waals surface area contributed by atoms with Crippen molar-refractivity contribution in [3.8, 4) is 0 Å². The van der Waals surface area contributed by atoms with Crippen molar-refractivity contribution in [2.45, 2.75) is 26.4 Å². The van der Waals surface area contributed by atoms with Gasteiger partial charge in [-0.2, -0.15) is 0 Å². The number of benzene rings is 1. The van der Waals surface area contributed by atoms with Crippen molar-refractivity contribution in [2.24, 2.45) is 0 Å². The fourth-order valence-corrected chi connectivity index (χ4v) is 2.58. The molecule has 1 aromatic heterocycles. The van der Waals surface area contributed by atoms with Gasteiger partial charge in [-0.1, -0.05) is 17.7 Å². The van der Waals surface area contributed by atoms with Crippen molar-refractivity contribution in [2.75, 3.05) is 5.73 Å². The van der Waals surface area contributed by atoms with Gasteiger partial charge < -0.3 is 11.1 Å². The third kappa shape index (κ3) is 3.22. The predicted molar refractivity (Wildman–Crippen MR) is 78.0 cm³/mol. The molecule has 5 heteroatoms. The minimum Gasteiger partial charge on any atom is -0.398 e. The van der Waals surface area contributed by atoms with E-state index in [9.17, 15) is 0 Å². The van der Waals surface area contributed by atoms with Gasteiger partial charge in [0.05, 0.1) is 16.8 Å². The van der Waals surface area contributed by atoms with E-state index in [2.05, 4.69) is 22.6 Å². The van der Waals surface area contributed by atoms with Crippen LogP contribution in [-0.2, 0) is 6.54 Å². The fourth-order valence-electron chi connectivity index (χ4n) is 1.63. The molecule has 0 aliphatic heterocycles. The molecule has 2 aromatic rings. The molecule has 96 valence electrons. The van der Waals surface area contributed by atoms with Gasteiger partial charge >= 0.3 is 0 Å². The third-order valence-electron chi connectivity index (χ3n) is 2.68. The standard InChI is InChI=1S/C13H16ClN3S/c1-8-7-18-13(17-8)9(2)16-6-10-3-4-11(14)12(15)5-10/h3-5,7,9,16H,6,15H2,1-2H3. The number of hydrogen-bond donors (Lipinski definition) is 2. The summed E-state index contributed by atoms with van der Waals surface area (Å²) in [6.07, 6.45) is 0. The van der Waals surface area contributed by atoms with Crippen LogP contribution in [0.15, 0.2) is 23.6 Å². The average molecular weight is 282 g/mol. The van der Waals surface area contributed by atoms with Crippen molar-refractivity contribution < 1.29 is 0 Å². The number of anilines is 1. The van der Waals surface area contributed by atoms with Gasteiger partial charge in [-0.3, -0.25) is 0 Å². The van der Waals surface area contributed by atoms with Crippen LogP contribution in [0.25, 0.3) is 0 Å². The number of thiazole rings is 1. The largest absolute Gasteiger partial charge is 0.398 e. The maximum Gasteiger partial charge on any atom is 0.110 e. The Morgan fingerprint density at radius 2 is 2.28 bits per heavy atom. The monoisotopic (exact) mass is 281 g/mol. The van der Waals surface area contributed by atoms with Crippen LogP contribution in [0.2, 0.25) is 5.02 Å². The topological polar surface area (TPSA) is 50.9 Å². The van der Waals surface area contributed by atoms with E-state index in [0.717, 1.165) is 22.8 Å². The first kappa shape index (κ1) is 13.3. The smallest absolute Gasteiger partial charge is 0.110 e. The molecule has 18 heavy (non-hydrogen) atoms. The molecule has 1 unspecified atom stereocenters. The van der Waals surface area contributed by atoms with E-state index >= 15 is 0 Å². The minimum absolute atomic E-state index is 0.237. The first-order valence-electron chi connectivity index (χ1n) is 5.75. The Bertz CT molecular complexity index is 539. The lowest BCUT2D eigenvalue weighted by Gasteiger charge is -2.11. The molecule has 1 heterocycles. The molecule has 2 rings (SSSR count). The summed E-state index contributed by atoms with van der Waals surface area (Å²) in [5.41, 5.74) is 8.58. The molecule has 0 amide bonds. The van der Waals surface area contributed by atoms with E-state index in [0.29, 0.717) is 10.7 Å². The van der Waals surface area contributed by atoms with Gasteiger partial charge in [-0.15, -0.1) is 11.3 Å². The second-order valence-corrected chi connectivity index (χ2v) is 5.58. The number of aromatic nitrogens is 1. The van der Waals surface area contributed by atoms with Crippen LogP contribution in [0.4, 0.5) is 5.69 Å². The lowest BCUT2D eigenvalue weighted by atomic mass is 10.2. The number of rotatable bonds is 4. The Balaban J connectivity index is 1.97. The second kappa shape index (κ2) is 5.69. The quantitative estimate of drug-likeness (QED) is 0.843. The SMILES string of the molecule is Cc1csc(C(C)NCc2ccc(Cl)c(N)c2)n1. The van der Waals surface area contributed by atoms with Gasteiger partial charge in [0, 0.05) is 17.6 Å². The van der Waals surface area contributed by atoms with Gasteiger partial charge in [0.25, 0.3) is 0 Å². The Morgan fingerprint density at radius 3 is 2.89 bits per heavy atom. The summed E-state index contributed by atoms with van der Waals surface area (Å²) in [4.78, 5) is 4.46. The Kier molecular flexibility index (Phi) is 4.22. The molecule has 3 N–H and O–H groups in total. The van der Waals surface area contributed by atoms with Crippen molar-refractivity contribution in [1.82, 2.24) is 10.3 Å². The number of nitrogens with one attached hydrogen (secondary N) is 1. The molecular weight excluding hydrogens is 266 g/mol. The fraction of sp³-hybridized carbons (Fsp3) is 0.308. The first-order chi connectivity index (χ1) is 8.56. The van der Waals surface area contributed by atoms with E-state index in [1.54, 1.807) is 11.3 Å². The molecule has 0 aliphatic carbocycles. The molecule has 0 radical (unpaired) electrons. The minimum atomic E-state index is 0.237. The zero-order valence-electron chi connectivity index (χ0n) is 10.4. The summed E-state index contributed by atoms with van der Waals surface area (Å²) >= 11 is 7.57. The Hall–Kier alpha value is -1.10. The molecule has 1 aromatic carbocycles. The van der Waals surface area contributed by atoms with E-state index in [-0.39, 0.29) is 6.04 Å². The van der Waals surface area contributed by atoms with Crippen molar-refractivity contribution in [1.29, 1.82) is 0 Å². The van der Waals surface area contributed by atoms with Crippen molar-refractivity contribution >= 4 is 28.6 Å². The number of nitrogens with two attached hydrogens (primary N) is 1. The predicted octanol–water partition coefficient (Wildman–Crippen LogP) is 3.54. The number of aryl methyl sites for hydroxylation is 1. The van der Waals surface area contributed by atoms with E-state index in [1.165, 1.54) is 0 Å². The van der Waals surface area contributed by atoms with Crippen molar-refractivity contribution in [3.63, 3.8) is 0 Å². The summed E-state index contributed by atoms with van der Waals surface area (Å²) in [5.74, 6) is 0. The normalized spacial score (nSPS) is 12.6. The molecule has 0 saturated heterocycles. The van der Waals surface area contributed by atoms with Crippen LogP contribution in [0, 0.1) is 6.92 Å². The van der Waals surface area contributed by atoms with Crippen LogP contribution < -0.4 is 11.1 Å². The van der Waals surface area contributed by atoms with Crippen LogP contribution >= 0.6 is 22.9 Å². The second-order valence-electron chi connectivity index (χ2n) is 4.29. The van der Waals surface area contributed by atoms with Crippen LogP contribution in [0.3, 0.4) is 0 Å². The zero-order valence-corrected chi connectivity index (χ0v) is 12.0. The van der Waals surface area contributed by atoms with Crippen LogP contribution in [-0.4, -0.2) is 4.98 Å². The number of halogens is 1. The maximum atomic E-state index is 5.89. The van der Waals surface area contributed by atoms with Crippen LogP contribution in [0.1, 0.15) is 29.2 Å². The van der Waals surface area contributed by atoms with Gasteiger partial charge in [0.15, 0.2) is 0 Å². The van der Waals surface area contributed by atoms with E-state index < -0.39 is 0 Å². The summed E-state index contributed by atoms with van der Waals surface area (Å²) in [6.45, 7) is 4.87. The third-order valence-corrected chi connectivity index (χ3v) is 4.17. The highest BCUT2D eigenvalue weighted by Crippen LogP contribution is 2.21. The molecule has 0 saturated carbocycles. The van der Waals surface area contributed by atoms with Crippen LogP contribution in [0.5, 0.6) is 0 Å². The summed E-state index contributed by atoms with van der Waals surface area (Å²) < 4.78 is 0. The highest BCUT2D eigenvalue weighted by Gasteiger charge is 2.08. The lowest BCUT2D eigenvalue weighted by molar-refractivity contribution is 0.571. The Labute approximate surface area is 116 Å². The maximum absolute atomic E-state index is 5.89. The number of nitrogens with zero attached hydrogens (tertiary/aromatic N) is 1. The molecule has 0 fully saturated rings. The first-order valence-corrected chi connectivity index (χ1v) is 7.01. The van der Waals surface area contributed by atoms with Gasteiger partial charge in [0.1, 0.15) is 5.01 Å². The van der Waals surface area contributed by atoms with Gasteiger partial charge in [-0.25, -0.2) is 4.98 Å². The molecule has 0 spiro atoms. The van der Waals surface area contributed by atoms with E-state index in [1.807, 2.05) is 25.1 Å². The summed E-state index contributed by atoms with van der Waals surface area (Å²) in [6, 6.07) is 5.94. The molecular formula is C13H16ClN3S. The number of nitrogen functional groups attached to an aromatic ring is 1. The molecule has 0 bridgehead atoms. The summed E-state index contributed by atoms with van der Waals surface area (Å²) in [5, 5.41) is 7.19. The molecule has 1 atom stereocenters. The van der Waals surface area contributed by atoms with Gasteiger partial charge in [-0.05, 0) is 31.5 Å². The molecule has 0 aliphatic rings. The lowest BCUT2D eigenvalue weighted by Crippen LogP contribution is -2.18. The zero-order chi connectivity index (χ0) is 13.1. The van der Waals surface area contributed by atoms with Gasteiger partial charge in [0.2, 0.25) is 0 Å². The average Bonchev–Trinajstić information content (AvgIpc) is 2.77. The van der Waals surface area contributed by atoms with E-state index in [4.69, 9.17) is 17.3 Å². The van der Waals surface area contributed by atoms with Crippen molar-refractivity contribution in [3.05, 3.63) is 44.9 Å².